The highest BCUT2D eigenvalue weighted by molar-refractivity contribution is 5.95. The van der Waals surface area contributed by atoms with Gasteiger partial charge in [0.25, 0.3) is 0 Å². The van der Waals surface area contributed by atoms with Crippen LogP contribution in [0.15, 0.2) is 30.3 Å². The normalized spacial score (nSPS) is 12.8. The molecule has 1 aromatic carbocycles. The van der Waals surface area contributed by atoms with Gasteiger partial charge < -0.3 is 10.1 Å². The number of imide groups is 1. The Balaban J connectivity index is 2.50. The molecule has 0 unspecified atom stereocenters. The van der Waals surface area contributed by atoms with Gasteiger partial charge >= 0.3 is 6.09 Å². The maximum absolute atomic E-state index is 12.2. The van der Waals surface area contributed by atoms with Crippen LogP contribution < -0.4 is 10.6 Å². The number of nitrogens with one attached hydrogen (secondary N) is 2. The molecule has 0 heterocycles. The van der Waals surface area contributed by atoms with E-state index in [0.29, 0.717) is 6.54 Å². The van der Waals surface area contributed by atoms with Crippen molar-refractivity contribution in [2.24, 2.45) is 5.92 Å². The Labute approximate surface area is 138 Å². The van der Waals surface area contributed by atoms with Crippen LogP contribution in [0.1, 0.15) is 40.2 Å². The molecule has 128 valence electrons. The number of carbonyl (C=O) groups is 2. The van der Waals surface area contributed by atoms with Gasteiger partial charge in [0.05, 0.1) is 6.04 Å². The van der Waals surface area contributed by atoms with Crippen molar-refractivity contribution >= 4 is 12.0 Å². The standard InChI is InChI=1S/C18H28N2O3/c1-13(2)15(16(21)20-17(22)23-18(3,4)5)19-12-11-14-9-7-6-8-10-14/h6-10,13,15,19H,11-12H2,1-5H3,(H,20,21,22)/t15-/m0/s1. The third kappa shape index (κ3) is 7.79. The maximum Gasteiger partial charge on any atom is 0.414 e. The molecule has 0 saturated carbocycles. The predicted octanol–water partition coefficient (Wildman–Crippen LogP) is 2.89. The Morgan fingerprint density at radius 2 is 1.74 bits per heavy atom. The third-order valence-corrected chi connectivity index (χ3v) is 3.19. The van der Waals surface area contributed by atoms with Gasteiger partial charge in [-0.15, -0.1) is 0 Å². The predicted molar refractivity (Wildman–Crippen MR) is 91.2 cm³/mol. The van der Waals surface area contributed by atoms with Crippen LogP contribution in [0.3, 0.4) is 0 Å². The quantitative estimate of drug-likeness (QED) is 0.846. The van der Waals surface area contributed by atoms with Crippen LogP contribution in [0.5, 0.6) is 0 Å². The molecule has 5 nitrogen and oxygen atoms in total. The molecule has 23 heavy (non-hydrogen) atoms. The Hall–Kier alpha value is -1.88. The van der Waals surface area contributed by atoms with Crippen LogP contribution in [-0.2, 0) is 16.0 Å². The summed E-state index contributed by atoms with van der Waals surface area (Å²) in [6.45, 7) is 9.82. The zero-order valence-corrected chi connectivity index (χ0v) is 14.7. The SMILES string of the molecule is CC(C)[C@H](NCCc1ccccc1)C(=O)NC(=O)OC(C)(C)C. The number of hydrogen-bond acceptors (Lipinski definition) is 4. The van der Waals surface area contributed by atoms with E-state index >= 15 is 0 Å². The van der Waals surface area contributed by atoms with Gasteiger partial charge in [-0.2, -0.15) is 0 Å². The fourth-order valence-electron chi connectivity index (χ4n) is 2.13. The maximum atomic E-state index is 12.2. The lowest BCUT2D eigenvalue weighted by Crippen LogP contribution is -2.50. The highest BCUT2D eigenvalue weighted by atomic mass is 16.6. The zero-order chi connectivity index (χ0) is 17.5. The minimum atomic E-state index is -0.710. The first kappa shape index (κ1) is 19.2. The van der Waals surface area contributed by atoms with Gasteiger partial charge in [-0.1, -0.05) is 44.2 Å². The van der Waals surface area contributed by atoms with Gasteiger partial charge in [-0.25, -0.2) is 4.79 Å². The molecule has 0 bridgehead atoms. The monoisotopic (exact) mass is 320 g/mol. The van der Waals surface area contributed by atoms with E-state index in [1.807, 2.05) is 44.2 Å². The molecular weight excluding hydrogens is 292 g/mol. The summed E-state index contributed by atoms with van der Waals surface area (Å²) in [5.41, 5.74) is 0.577. The van der Waals surface area contributed by atoms with E-state index in [2.05, 4.69) is 10.6 Å². The molecule has 2 N–H and O–H groups in total. The van der Waals surface area contributed by atoms with Crippen LogP contribution in [0, 0.1) is 5.92 Å². The van der Waals surface area contributed by atoms with Crippen LogP contribution in [0.25, 0.3) is 0 Å². The first-order chi connectivity index (χ1) is 10.7. The Bertz CT molecular complexity index is 507. The van der Waals surface area contributed by atoms with Crippen molar-refractivity contribution in [1.29, 1.82) is 0 Å². The van der Waals surface area contributed by atoms with E-state index in [1.165, 1.54) is 5.56 Å². The smallest absolute Gasteiger partial charge is 0.414 e. The summed E-state index contributed by atoms with van der Waals surface area (Å²) >= 11 is 0. The van der Waals surface area contributed by atoms with Crippen molar-refractivity contribution in [3.05, 3.63) is 35.9 Å². The summed E-state index contributed by atoms with van der Waals surface area (Å²) in [4.78, 5) is 24.0. The number of rotatable bonds is 6. The van der Waals surface area contributed by atoms with Crippen molar-refractivity contribution in [3.63, 3.8) is 0 Å². The zero-order valence-electron chi connectivity index (χ0n) is 14.7. The minimum Gasteiger partial charge on any atom is -0.444 e. The molecular formula is C18H28N2O3. The Kier molecular flexibility index (Phi) is 7.23. The number of benzene rings is 1. The highest BCUT2D eigenvalue weighted by Gasteiger charge is 2.25. The van der Waals surface area contributed by atoms with Crippen molar-refractivity contribution < 1.29 is 14.3 Å². The Morgan fingerprint density at radius 3 is 2.26 bits per heavy atom. The van der Waals surface area contributed by atoms with Crippen molar-refractivity contribution in [3.8, 4) is 0 Å². The van der Waals surface area contributed by atoms with Crippen molar-refractivity contribution in [2.75, 3.05) is 6.54 Å². The fraction of sp³-hybridized carbons (Fsp3) is 0.556. The molecule has 1 aromatic rings. The molecule has 1 rings (SSSR count). The molecule has 0 aliphatic rings. The highest BCUT2D eigenvalue weighted by Crippen LogP contribution is 2.08. The Morgan fingerprint density at radius 1 is 1.13 bits per heavy atom. The first-order valence-corrected chi connectivity index (χ1v) is 8.00. The summed E-state index contributed by atoms with van der Waals surface area (Å²) in [5.74, 6) is -0.296. The lowest BCUT2D eigenvalue weighted by molar-refractivity contribution is -0.123. The number of alkyl carbamates (subject to hydrolysis) is 1. The average Bonchev–Trinajstić information content (AvgIpc) is 2.41. The van der Waals surface area contributed by atoms with Crippen LogP contribution in [-0.4, -0.2) is 30.2 Å². The fourth-order valence-corrected chi connectivity index (χ4v) is 2.13. The second-order valence-corrected chi connectivity index (χ2v) is 6.90. The lowest BCUT2D eigenvalue weighted by Gasteiger charge is -2.23. The molecule has 0 aliphatic carbocycles. The van der Waals surface area contributed by atoms with Crippen molar-refractivity contribution in [2.45, 2.75) is 52.7 Å². The largest absolute Gasteiger partial charge is 0.444 e. The van der Waals surface area contributed by atoms with Crippen LogP contribution in [0.4, 0.5) is 4.79 Å². The summed E-state index contributed by atoms with van der Waals surface area (Å²) in [5, 5.41) is 5.52. The summed E-state index contributed by atoms with van der Waals surface area (Å²) in [6, 6.07) is 9.61. The summed E-state index contributed by atoms with van der Waals surface area (Å²) < 4.78 is 5.11. The topological polar surface area (TPSA) is 67.4 Å². The molecule has 2 amide bonds. The molecule has 0 radical (unpaired) electrons. The van der Waals surface area contributed by atoms with E-state index in [0.717, 1.165) is 6.42 Å². The van der Waals surface area contributed by atoms with Gasteiger partial charge in [0, 0.05) is 0 Å². The van der Waals surface area contributed by atoms with Crippen LogP contribution >= 0.6 is 0 Å². The van der Waals surface area contributed by atoms with Gasteiger partial charge in [0.15, 0.2) is 0 Å². The number of carbonyl (C=O) groups excluding carboxylic acids is 2. The summed E-state index contributed by atoms with van der Waals surface area (Å²) in [6.07, 6.45) is 0.113. The second kappa shape index (κ2) is 8.67. The van der Waals surface area contributed by atoms with E-state index in [9.17, 15) is 9.59 Å². The second-order valence-electron chi connectivity index (χ2n) is 6.90. The van der Waals surface area contributed by atoms with E-state index in [4.69, 9.17) is 4.74 Å². The number of amides is 2. The molecule has 5 heteroatoms. The number of ether oxygens (including phenoxy) is 1. The minimum absolute atomic E-state index is 0.0632. The molecule has 0 aromatic heterocycles. The first-order valence-electron chi connectivity index (χ1n) is 8.00. The average molecular weight is 320 g/mol. The lowest BCUT2D eigenvalue weighted by atomic mass is 10.0. The van der Waals surface area contributed by atoms with Gasteiger partial charge in [0.1, 0.15) is 5.60 Å². The molecule has 0 aliphatic heterocycles. The molecule has 0 spiro atoms. The van der Waals surface area contributed by atoms with E-state index in [-0.39, 0.29) is 11.8 Å². The van der Waals surface area contributed by atoms with Gasteiger partial charge in [-0.05, 0) is 45.2 Å². The molecule has 1 atom stereocenters. The van der Waals surface area contributed by atoms with E-state index < -0.39 is 17.7 Å². The third-order valence-electron chi connectivity index (χ3n) is 3.19. The van der Waals surface area contributed by atoms with Crippen molar-refractivity contribution in [1.82, 2.24) is 10.6 Å². The summed E-state index contributed by atoms with van der Waals surface area (Å²) in [7, 11) is 0. The van der Waals surface area contributed by atoms with Crippen LogP contribution in [0.2, 0.25) is 0 Å². The molecule has 0 fully saturated rings. The molecule has 0 saturated heterocycles. The number of hydrogen-bond donors (Lipinski definition) is 2. The van der Waals surface area contributed by atoms with Gasteiger partial charge in [0.2, 0.25) is 5.91 Å². The van der Waals surface area contributed by atoms with Gasteiger partial charge in [-0.3, -0.25) is 10.1 Å². The van der Waals surface area contributed by atoms with E-state index in [1.54, 1.807) is 20.8 Å².